The molecule has 0 aliphatic heterocycles. The van der Waals surface area contributed by atoms with Crippen LogP contribution in [0.25, 0.3) is 0 Å². The molecule has 1 aromatic carbocycles. The molecule has 1 saturated carbocycles. The van der Waals surface area contributed by atoms with Crippen molar-refractivity contribution in [2.24, 2.45) is 0 Å². The van der Waals surface area contributed by atoms with Gasteiger partial charge in [-0.05, 0) is 24.8 Å². The van der Waals surface area contributed by atoms with Crippen molar-refractivity contribution in [3.63, 3.8) is 0 Å². The van der Waals surface area contributed by atoms with E-state index in [0.29, 0.717) is 19.3 Å². The van der Waals surface area contributed by atoms with E-state index in [4.69, 9.17) is 0 Å². The highest BCUT2D eigenvalue weighted by atomic mass is 19.4. The Morgan fingerprint density at radius 2 is 1.30 bits per heavy atom. The number of halogens is 9. The van der Waals surface area contributed by atoms with E-state index in [1.54, 1.807) is 30.3 Å². The summed E-state index contributed by atoms with van der Waals surface area (Å²) in [5.41, 5.74) is 0.827. The van der Waals surface area contributed by atoms with Crippen LogP contribution < -0.4 is 10.6 Å². The first-order chi connectivity index (χ1) is 15.1. The van der Waals surface area contributed by atoms with Gasteiger partial charge in [0.25, 0.3) is 5.91 Å². The fourth-order valence-corrected chi connectivity index (χ4v) is 3.43. The first-order valence-electron chi connectivity index (χ1n) is 9.95. The first-order valence-corrected chi connectivity index (χ1v) is 9.95. The van der Waals surface area contributed by atoms with E-state index in [-0.39, 0.29) is 19.3 Å². The molecule has 2 rings (SSSR count). The number of hydrogen-bond donors (Lipinski definition) is 2. The SMILES string of the molecule is O=C(CCc1ccccc1)N[C@@H]1CCCC[C@H]1NC(=O)C(F)(F)C(F)(F)C(F)(F)C(F)(F)F. The maximum atomic E-state index is 13.8. The first kappa shape index (κ1) is 26.8. The van der Waals surface area contributed by atoms with Crippen LogP contribution in [-0.4, -0.2) is 47.8 Å². The topological polar surface area (TPSA) is 58.2 Å². The van der Waals surface area contributed by atoms with Crippen LogP contribution in [0.2, 0.25) is 0 Å². The Labute approximate surface area is 182 Å². The smallest absolute Gasteiger partial charge is 0.351 e. The molecule has 1 aromatic rings. The predicted molar refractivity (Wildman–Crippen MR) is 98.0 cm³/mol. The molecule has 2 amide bonds. The monoisotopic (exact) mass is 492 g/mol. The van der Waals surface area contributed by atoms with Crippen LogP contribution in [0.3, 0.4) is 0 Å². The molecular weight excluding hydrogens is 471 g/mol. The lowest BCUT2D eigenvalue weighted by Gasteiger charge is -2.36. The standard InChI is InChI=1S/C20H21F9N2O2/c21-17(22,18(23,24)19(25,26)20(27,28)29)16(33)31-14-9-5-4-8-13(14)30-15(32)11-10-12-6-2-1-3-7-12/h1-3,6-7,13-14H,4-5,8-11H2,(H,30,32)(H,31,33)/t13-,14-/m1/s1. The van der Waals surface area contributed by atoms with Crippen molar-refractivity contribution in [1.29, 1.82) is 0 Å². The van der Waals surface area contributed by atoms with Crippen LogP contribution in [0.4, 0.5) is 39.5 Å². The van der Waals surface area contributed by atoms with Gasteiger partial charge < -0.3 is 10.6 Å². The summed E-state index contributed by atoms with van der Waals surface area (Å²) in [6, 6.07) is 6.44. The zero-order chi connectivity index (χ0) is 25.1. The van der Waals surface area contributed by atoms with Crippen LogP contribution in [0.15, 0.2) is 30.3 Å². The van der Waals surface area contributed by atoms with Crippen molar-refractivity contribution >= 4 is 11.8 Å². The van der Waals surface area contributed by atoms with E-state index in [1.165, 1.54) is 5.32 Å². The maximum absolute atomic E-state index is 13.8. The van der Waals surface area contributed by atoms with E-state index in [0.717, 1.165) is 5.56 Å². The summed E-state index contributed by atoms with van der Waals surface area (Å²) in [6.07, 6.45) is -5.83. The van der Waals surface area contributed by atoms with Gasteiger partial charge in [-0.1, -0.05) is 43.2 Å². The molecule has 4 nitrogen and oxygen atoms in total. The van der Waals surface area contributed by atoms with Gasteiger partial charge in [0, 0.05) is 18.5 Å². The average molecular weight is 492 g/mol. The molecule has 0 bridgehead atoms. The number of amides is 2. The molecular formula is C20H21F9N2O2. The molecule has 13 heteroatoms. The van der Waals surface area contributed by atoms with Gasteiger partial charge in [-0.3, -0.25) is 9.59 Å². The second kappa shape index (κ2) is 9.80. The van der Waals surface area contributed by atoms with Crippen molar-refractivity contribution in [2.75, 3.05) is 0 Å². The van der Waals surface area contributed by atoms with Crippen molar-refractivity contribution in [3.05, 3.63) is 35.9 Å². The third kappa shape index (κ3) is 5.72. The van der Waals surface area contributed by atoms with Gasteiger partial charge in [0.15, 0.2) is 0 Å². The van der Waals surface area contributed by atoms with Crippen LogP contribution in [0, 0.1) is 0 Å². The Bertz CT molecular complexity index is 829. The van der Waals surface area contributed by atoms with E-state index < -0.39 is 47.8 Å². The number of nitrogens with one attached hydrogen (secondary N) is 2. The predicted octanol–water partition coefficient (Wildman–Crippen LogP) is 4.63. The number of carbonyl (C=O) groups is 2. The Hall–Kier alpha value is -2.47. The summed E-state index contributed by atoms with van der Waals surface area (Å²) in [5.74, 6) is -24.1. The Balaban J connectivity index is 2.06. The van der Waals surface area contributed by atoms with E-state index in [2.05, 4.69) is 5.32 Å². The molecule has 1 aliphatic carbocycles. The zero-order valence-electron chi connectivity index (χ0n) is 17.0. The fraction of sp³-hybridized carbons (Fsp3) is 0.600. The number of alkyl halides is 9. The molecule has 0 radical (unpaired) electrons. The van der Waals surface area contributed by atoms with Crippen LogP contribution >= 0.6 is 0 Å². The summed E-state index contributed by atoms with van der Waals surface area (Å²) >= 11 is 0. The summed E-state index contributed by atoms with van der Waals surface area (Å²) in [5, 5.41) is 3.91. The van der Waals surface area contributed by atoms with E-state index in [9.17, 15) is 49.1 Å². The minimum atomic E-state index is -7.15. The molecule has 33 heavy (non-hydrogen) atoms. The lowest BCUT2D eigenvalue weighted by atomic mass is 9.89. The van der Waals surface area contributed by atoms with Gasteiger partial charge in [0.1, 0.15) is 0 Å². The molecule has 0 unspecified atom stereocenters. The summed E-state index contributed by atoms with van der Waals surface area (Å²) in [6.45, 7) is 0. The molecule has 186 valence electrons. The van der Waals surface area contributed by atoms with E-state index in [1.807, 2.05) is 0 Å². The third-order valence-corrected chi connectivity index (χ3v) is 5.34. The summed E-state index contributed by atoms with van der Waals surface area (Å²) < 4.78 is 117. The van der Waals surface area contributed by atoms with Crippen LogP contribution in [0.5, 0.6) is 0 Å². The van der Waals surface area contributed by atoms with Crippen LogP contribution in [-0.2, 0) is 16.0 Å². The lowest BCUT2D eigenvalue weighted by Crippen LogP contribution is -2.67. The van der Waals surface area contributed by atoms with Gasteiger partial charge in [-0.2, -0.15) is 39.5 Å². The molecule has 2 N–H and O–H groups in total. The Morgan fingerprint density at radius 1 is 0.788 bits per heavy atom. The molecule has 0 aromatic heterocycles. The highest BCUT2D eigenvalue weighted by Gasteiger charge is 2.83. The highest BCUT2D eigenvalue weighted by molar-refractivity contribution is 5.85. The van der Waals surface area contributed by atoms with E-state index >= 15 is 0 Å². The zero-order valence-corrected chi connectivity index (χ0v) is 17.0. The molecule has 0 spiro atoms. The number of rotatable bonds is 8. The highest BCUT2D eigenvalue weighted by Crippen LogP contribution is 2.53. The Kier molecular flexibility index (Phi) is 7.95. The summed E-state index contributed by atoms with van der Waals surface area (Å²) in [7, 11) is 0. The van der Waals surface area contributed by atoms with Crippen LogP contribution in [0.1, 0.15) is 37.7 Å². The Morgan fingerprint density at radius 3 is 1.82 bits per heavy atom. The fourth-order valence-electron chi connectivity index (χ4n) is 3.43. The molecule has 1 aliphatic rings. The summed E-state index contributed by atoms with van der Waals surface area (Å²) in [4.78, 5) is 23.9. The van der Waals surface area contributed by atoms with Gasteiger partial charge in [0.2, 0.25) is 5.91 Å². The maximum Gasteiger partial charge on any atom is 0.460 e. The minimum absolute atomic E-state index is 0.0206. The molecule has 1 fully saturated rings. The second-order valence-corrected chi connectivity index (χ2v) is 7.74. The quantitative estimate of drug-likeness (QED) is 0.520. The van der Waals surface area contributed by atoms with Crippen molar-refractivity contribution in [1.82, 2.24) is 10.6 Å². The lowest BCUT2D eigenvalue weighted by molar-refractivity contribution is -0.388. The van der Waals surface area contributed by atoms with Crippen molar-refractivity contribution in [3.8, 4) is 0 Å². The van der Waals surface area contributed by atoms with Gasteiger partial charge in [-0.25, -0.2) is 0 Å². The number of carbonyl (C=O) groups excluding carboxylic acids is 2. The number of benzene rings is 1. The average Bonchev–Trinajstić information content (AvgIpc) is 2.73. The van der Waals surface area contributed by atoms with Gasteiger partial charge >= 0.3 is 23.9 Å². The second-order valence-electron chi connectivity index (χ2n) is 7.74. The normalized spacial score (nSPS) is 20.3. The van der Waals surface area contributed by atoms with Gasteiger partial charge in [0.05, 0.1) is 0 Å². The largest absolute Gasteiger partial charge is 0.460 e. The number of hydrogen-bond acceptors (Lipinski definition) is 2. The van der Waals surface area contributed by atoms with Crippen molar-refractivity contribution < 1.29 is 49.1 Å². The molecule has 2 atom stereocenters. The van der Waals surface area contributed by atoms with Crippen molar-refractivity contribution in [2.45, 2.75) is 74.6 Å². The number of aryl methyl sites for hydroxylation is 1. The molecule has 0 saturated heterocycles. The molecule has 0 heterocycles. The third-order valence-electron chi connectivity index (χ3n) is 5.34. The minimum Gasteiger partial charge on any atom is -0.351 e. The van der Waals surface area contributed by atoms with Gasteiger partial charge in [-0.15, -0.1) is 0 Å².